The number of benzene rings is 1. The number of anilines is 1. The van der Waals surface area contributed by atoms with Crippen molar-refractivity contribution in [2.24, 2.45) is 0 Å². The molecule has 2 nitrogen and oxygen atoms in total. The molecule has 0 saturated heterocycles. The molecular formula is C11H11F2NO. The maximum Gasteiger partial charge on any atom is 0.224 e. The highest BCUT2D eigenvalue weighted by molar-refractivity contribution is 5.94. The van der Waals surface area contributed by atoms with Crippen LogP contribution in [0.5, 0.6) is 0 Å². The average Bonchev–Trinajstić information content (AvgIpc) is 2.49. The summed E-state index contributed by atoms with van der Waals surface area (Å²) in [4.78, 5) is 12.8. The number of nitrogens with zero attached hydrogens (tertiary/aromatic N) is 1. The minimum absolute atomic E-state index is 0.103. The Balaban J connectivity index is 2.57. The summed E-state index contributed by atoms with van der Waals surface area (Å²) >= 11 is 0. The third kappa shape index (κ3) is 1.40. The van der Waals surface area contributed by atoms with Crippen LogP contribution in [0.2, 0.25) is 0 Å². The summed E-state index contributed by atoms with van der Waals surface area (Å²) in [5.41, 5.74) is 0.798. The highest BCUT2D eigenvalue weighted by Gasteiger charge is 2.31. The van der Waals surface area contributed by atoms with Crippen molar-refractivity contribution in [2.45, 2.75) is 26.3 Å². The number of amides is 1. The van der Waals surface area contributed by atoms with Crippen LogP contribution in [-0.4, -0.2) is 11.9 Å². The van der Waals surface area contributed by atoms with E-state index in [1.165, 1.54) is 17.9 Å². The van der Waals surface area contributed by atoms with Gasteiger partial charge in [-0.05, 0) is 25.5 Å². The van der Waals surface area contributed by atoms with E-state index >= 15 is 0 Å². The Bertz CT molecular complexity index is 431. The van der Waals surface area contributed by atoms with Crippen molar-refractivity contribution in [3.05, 3.63) is 29.3 Å². The van der Waals surface area contributed by atoms with Gasteiger partial charge in [-0.25, -0.2) is 8.78 Å². The Hall–Kier alpha value is -1.45. The Morgan fingerprint density at radius 2 is 2.13 bits per heavy atom. The first-order valence-corrected chi connectivity index (χ1v) is 4.79. The third-order valence-electron chi connectivity index (χ3n) is 2.71. The second-order valence-corrected chi connectivity index (χ2v) is 3.80. The molecular weight excluding hydrogens is 200 g/mol. The second kappa shape index (κ2) is 3.29. The number of hydrogen-bond donors (Lipinski definition) is 0. The molecule has 15 heavy (non-hydrogen) atoms. The van der Waals surface area contributed by atoms with Crippen molar-refractivity contribution in [1.29, 1.82) is 0 Å². The fourth-order valence-electron chi connectivity index (χ4n) is 2.11. The molecule has 0 radical (unpaired) electrons. The van der Waals surface area contributed by atoms with Gasteiger partial charge >= 0.3 is 0 Å². The largest absolute Gasteiger partial charge is 0.309 e. The van der Waals surface area contributed by atoms with Gasteiger partial charge in [-0.3, -0.25) is 4.79 Å². The maximum atomic E-state index is 13.4. The number of rotatable bonds is 0. The number of hydrogen-bond acceptors (Lipinski definition) is 1. The minimum Gasteiger partial charge on any atom is -0.309 e. The van der Waals surface area contributed by atoms with Crippen LogP contribution in [0.1, 0.15) is 19.4 Å². The summed E-state index contributed by atoms with van der Waals surface area (Å²) in [6.45, 7) is 3.24. The zero-order chi connectivity index (χ0) is 11.2. The van der Waals surface area contributed by atoms with Gasteiger partial charge in [0.25, 0.3) is 0 Å². The van der Waals surface area contributed by atoms with Gasteiger partial charge in [-0.15, -0.1) is 0 Å². The molecule has 1 aromatic carbocycles. The van der Waals surface area contributed by atoms with Crippen LogP contribution in [0.4, 0.5) is 14.5 Å². The highest BCUT2D eigenvalue weighted by atomic mass is 19.2. The maximum absolute atomic E-state index is 13.4. The minimum atomic E-state index is -0.855. The lowest BCUT2D eigenvalue weighted by Crippen LogP contribution is -2.33. The first-order chi connectivity index (χ1) is 7.02. The molecule has 0 aromatic heterocycles. The van der Waals surface area contributed by atoms with Gasteiger partial charge in [-0.2, -0.15) is 0 Å². The van der Waals surface area contributed by atoms with Gasteiger partial charge in [0.05, 0.1) is 5.69 Å². The van der Waals surface area contributed by atoms with E-state index in [1.807, 2.05) is 6.92 Å². The molecule has 0 fully saturated rings. The standard InChI is InChI=1S/C11H11F2NO/c1-6-5-8-10(14(6)7(2)15)4-3-9(12)11(8)13/h3-4,6H,5H2,1-2H3/t6-/m1/s1. The molecule has 4 heteroatoms. The summed E-state index contributed by atoms with van der Waals surface area (Å²) in [5, 5.41) is 0. The van der Waals surface area contributed by atoms with Crippen molar-refractivity contribution >= 4 is 11.6 Å². The van der Waals surface area contributed by atoms with Crippen LogP contribution in [0, 0.1) is 11.6 Å². The molecule has 1 aliphatic rings. The van der Waals surface area contributed by atoms with E-state index in [0.717, 1.165) is 6.07 Å². The average molecular weight is 211 g/mol. The van der Waals surface area contributed by atoms with Gasteiger partial charge in [0.15, 0.2) is 11.6 Å². The van der Waals surface area contributed by atoms with E-state index in [0.29, 0.717) is 17.7 Å². The Labute approximate surface area is 86.5 Å². The summed E-state index contributed by atoms with van der Waals surface area (Å²) in [6, 6.07) is 2.41. The van der Waals surface area contributed by atoms with Crippen molar-refractivity contribution in [1.82, 2.24) is 0 Å². The monoisotopic (exact) mass is 211 g/mol. The van der Waals surface area contributed by atoms with Crippen LogP contribution in [0.3, 0.4) is 0 Å². The zero-order valence-electron chi connectivity index (χ0n) is 8.55. The molecule has 1 aliphatic heterocycles. The van der Waals surface area contributed by atoms with E-state index in [4.69, 9.17) is 0 Å². The predicted molar refractivity (Wildman–Crippen MR) is 52.7 cm³/mol. The quantitative estimate of drug-likeness (QED) is 0.644. The van der Waals surface area contributed by atoms with Crippen molar-refractivity contribution < 1.29 is 13.6 Å². The lowest BCUT2D eigenvalue weighted by atomic mass is 10.1. The first-order valence-electron chi connectivity index (χ1n) is 4.79. The normalized spacial score (nSPS) is 19.2. The van der Waals surface area contributed by atoms with Crippen molar-refractivity contribution in [3.63, 3.8) is 0 Å². The first kappa shape index (κ1) is 10.1. The Morgan fingerprint density at radius 1 is 1.47 bits per heavy atom. The van der Waals surface area contributed by atoms with Crippen LogP contribution >= 0.6 is 0 Å². The third-order valence-corrected chi connectivity index (χ3v) is 2.71. The topological polar surface area (TPSA) is 20.3 Å². The molecule has 0 unspecified atom stereocenters. The Morgan fingerprint density at radius 3 is 2.73 bits per heavy atom. The Kier molecular flexibility index (Phi) is 2.21. The second-order valence-electron chi connectivity index (χ2n) is 3.80. The van der Waals surface area contributed by atoms with E-state index in [1.54, 1.807) is 0 Å². The number of halogens is 2. The molecule has 1 aromatic rings. The molecule has 0 N–H and O–H groups in total. The van der Waals surface area contributed by atoms with Crippen LogP contribution < -0.4 is 4.90 Å². The lowest BCUT2D eigenvalue weighted by Gasteiger charge is -2.20. The molecule has 0 aliphatic carbocycles. The molecule has 1 heterocycles. The van der Waals surface area contributed by atoms with Gasteiger partial charge in [0.2, 0.25) is 5.91 Å². The summed E-state index contributed by atoms with van der Waals surface area (Å²) in [7, 11) is 0. The number of carbonyl (C=O) groups excluding carboxylic acids is 1. The smallest absolute Gasteiger partial charge is 0.224 e. The summed E-state index contributed by atoms with van der Waals surface area (Å²) in [6.07, 6.45) is 0.374. The highest BCUT2D eigenvalue weighted by Crippen LogP contribution is 2.34. The fourth-order valence-corrected chi connectivity index (χ4v) is 2.11. The van der Waals surface area contributed by atoms with E-state index in [2.05, 4.69) is 0 Å². The van der Waals surface area contributed by atoms with Gasteiger partial charge in [0, 0.05) is 18.5 Å². The molecule has 80 valence electrons. The van der Waals surface area contributed by atoms with Gasteiger partial charge < -0.3 is 4.90 Å². The lowest BCUT2D eigenvalue weighted by molar-refractivity contribution is -0.116. The van der Waals surface area contributed by atoms with E-state index in [-0.39, 0.29) is 11.9 Å². The van der Waals surface area contributed by atoms with E-state index < -0.39 is 11.6 Å². The number of carbonyl (C=O) groups is 1. The van der Waals surface area contributed by atoms with Crippen LogP contribution in [0.15, 0.2) is 12.1 Å². The summed E-state index contributed by atoms with van der Waals surface area (Å²) in [5.74, 6) is -1.83. The molecule has 0 spiro atoms. The molecule has 0 bridgehead atoms. The SMILES string of the molecule is CC(=O)N1c2ccc(F)c(F)c2C[C@H]1C. The number of fused-ring (bicyclic) bond motifs is 1. The molecule has 1 amide bonds. The van der Waals surface area contributed by atoms with Gasteiger partial charge in [0.1, 0.15) is 0 Å². The van der Waals surface area contributed by atoms with Crippen molar-refractivity contribution in [3.8, 4) is 0 Å². The summed E-state index contributed by atoms with van der Waals surface area (Å²) < 4.78 is 26.4. The zero-order valence-corrected chi connectivity index (χ0v) is 8.55. The van der Waals surface area contributed by atoms with Gasteiger partial charge in [-0.1, -0.05) is 0 Å². The van der Waals surface area contributed by atoms with Crippen LogP contribution in [-0.2, 0) is 11.2 Å². The van der Waals surface area contributed by atoms with Crippen molar-refractivity contribution in [2.75, 3.05) is 4.90 Å². The molecule has 1 atom stereocenters. The predicted octanol–water partition coefficient (Wildman–Crippen LogP) is 2.26. The van der Waals surface area contributed by atoms with E-state index in [9.17, 15) is 13.6 Å². The molecule has 2 rings (SSSR count). The molecule has 0 saturated carbocycles. The van der Waals surface area contributed by atoms with Crippen LogP contribution in [0.25, 0.3) is 0 Å². The fraction of sp³-hybridized carbons (Fsp3) is 0.364.